The molecule has 1 saturated heterocycles. The van der Waals surface area contributed by atoms with Crippen molar-refractivity contribution < 1.29 is 14.3 Å². The van der Waals surface area contributed by atoms with Crippen LogP contribution in [0, 0.1) is 5.92 Å². The number of ether oxygens (including phenoxy) is 2. The van der Waals surface area contributed by atoms with E-state index in [1.54, 1.807) is 7.11 Å². The number of hydrogen-bond donors (Lipinski definition) is 2. The Morgan fingerprint density at radius 3 is 2.70 bits per heavy atom. The number of piperidine rings is 1. The molecule has 0 saturated carbocycles. The summed E-state index contributed by atoms with van der Waals surface area (Å²) >= 11 is 0. The molecule has 2 N–H and O–H groups in total. The highest BCUT2D eigenvalue weighted by molar-refractivity contribution is 5.92. The number of likely N-dealkylation sites (tertiary alicyclic amines) is 1. The quantitative estimate of drug-likeness (QED) is 0.652. The fourth-order valence-electron chi connectivity index (χ4n) is 4.02. The van der Waals surface area contributed by atoms with Crippen LogP contribution in [0.5, 0.6) is 11.5 Å². The van der Waals surface area contributed by atoms with E-state index in [0.717, 1.165) is 35.1 Å². The van der Waals surface area contributed by atoms with E-state index in [-0.39, 0.29) is 17.6 Å². The lowest BCUT2D eigenvalue weighted by Crippen LogP contribution is -2.45. The van der Waals surface area contributed by atoms with Gasteiger partial charge in [-0.1, -0.05) is 12.1 Å². The lowest BCUT2D eigenvalue weighted by atomic mass is 9.97. The van der Waals surface area contributed by atoms with Crippen molar-refractivity contribution in [2.75, 3.05) is 20.3 Å². The molecule has 1 fully saturated rings. The number of methoxy groups -OCH3 is 1. The number of carbonyl (C=O) groups is 1. The predicted octanol–water partition coefficient (Wildman–Crippen LogP) is 3.56. The maximum atomic E-state index is 12.1. The van der Waals surface area contributed by atoms with Gasteiger partial charge in [-0.2, -0.15) is 0 Å². The third kappa shape index (κ3) is 4.06. The normalized spacial score (nSPS) is 17.0. The molecule has 0 bridgehead atoms. The molecule has 0 spiro atoms. The Kier molecular flexibility index (Phi) is 5.53. The third-order valence-electron chi connectivity index (χ3n) is 5.63. The standard InChI is InChI=1S/C23H27N3O4/c1-14(2)26-12-15(7-8-21(26)27)13-30-18-10-16(9-17(11-18)29-3)19-5-4-6-20-22(19)25-23(28)24-20/h4-6,9-11,14-15H,7-8,12-13H2,1-3H3,(H2,24,25,28). The van der Waals surface area contributed by atoms with Gasteiger partial charge in [0.15, 0.2) is 0 Å². The number of benzene rings is 2. The number of nitrogens with one attached hydrogen (secondary N) is 2. The van der Waals surface area contributed by atoms with Gasteiger partial charge in [0.1, 0.15) is 11.5 Å². The number of imidazole rings is 1. The molecule has 0 radical (unpaired) electrons. The smallest absolute Gasteiger partial charge is 0.323 e. The van der Waals surface area contributed by atoms with E-state index in [4.69, 9.17) is 9.47 Å². The number of aromatic amines is 2. The minimum Gasteiger partial charge on any atom is -0.497 e. The maximum Gasteiger partial charge on any atom is 0.323 e. The molecule has 1 aliphatic heterocycles. The number of hydrogen-bond acceptors (Lipinski definition) is 4. The van der Waals surface area contributed by atoms with Gasteiger partial charge >= 0.3 is 5.69 Å². The predicted molar refractivity (Wildman–Crippen MR) is 116 cm³/mol. The SMILES string of the molecule is COc1cc(OCC2CCC(=O)N(C(C)C)C2)cc(-c2cccc3[nH]c(=O)[nH]c23)c1. The number of fused-ring (bicyclic) bond motifs is 1. The molecule has 2 aromatic carbocycles. The van der Waals surface area contributed by atoms with Gasteiger partial charge in [-0.25, -0.2) is 4.79 Å². The summed E-state index contributed by atoms with van der Waals surface area (Å²) in [7, 11) is 1.62. The highest BCUT2D eigenvalue weighted by Gasteiger charge is 2.27. The van der Waals surface area contributed by atoms with Crippen LogP contribution in [0.2, 0.25) is 0 Å². The van der Waals surface area contributed by atoms with Crippen LogP contribution < -0.4 is 15.2 Å². The van der Waals surface area contributed by atoms with Crippen molar-refractivity contribution in [1.82, 2.24) is 14.9 Å². The van der Waals surface area contributed by atoms with Crippen LogP contribution in [0.1, 0.15) is 26.7 Å². The van der Waals surface area contributed by atoms with Crippen molar-refractivity contribution in [2.24, 2.45) is 5.92 Å². The Balaban J connectivity index is 1.57. The maximum absolute atomic E-state index is 12.1. The minimum absolute atomic E-state index is 0.202. The van der Waals surface area contributed by atoms with Crippen molar-refractivity contribution in [3.05, 3.63) is 46.9 Å². The first-order valence-corrected chi connectivity index (χ1v) is 10.3. The van der Waals surface area contributed by atoms with Gasteiger partial charge in [-0.15, -0.1) is 0 Å². The summed E-state index contributed by atoms with van der Waals surface area (Å²) < 4.78 is 11.6. The van der Waals surface area contributed by atoms with Crippen LogP contribution in [-0.2, 0) is 4.79 Å². The van der Waals surface area contributed by atoms with Gasteiger partial charge in [-0.3, -0.25) is 4.79 Å². The number of amides is 1. The first-order valence-electron chi connectivity index (χ1n) is 10.3. The monoisotopic (exact) mass is 409 g/mol. The van der Waals surface area contributed by atoms with Crippen LogP contribution in [0.4, 0.5) is 0 Å². The van der Waals surface area contributed by atoms with E-state index >= 15 is 0 Å². The van der Waals surface area contributed by atoms with E-state index in [1.165, 1.54) is 0 Å². The van der Waals surface area contributed by atoms with Crippen LogP contribution in [0.25, 0.3) is 22.2 Å². The molecule has 1 atom stereocenters. The molecule has 1 unspecified atom stereocenters. The van der Waals surface area contributed by atoms with E-state index in [1.807, 2.05) is 55.1 Å². The van der Waals surface area contributed by atoms with Crippen molar-refractivity contribution in [2.45, 2.75) is 32.7 Å². The molecule has 3 aromatic rings. The molecule has 1 aliphatic rings. The summed E-state index contributed by atoms with van der Waals surface area (Å²) in [6, 6.07) is 11.7. The summed E-state index contributed by atoms with van der Waals surface area (Å²) in [4.78, 5) is 31.4. The number of carbonyl (C=O) groups excluding carboxylic acids is 1. The Labute approximate surface area is 175 Å². The molecule has 4 rings (SSSR count). The van der Waals surface area contributed by atoms with Gasteiger partial charge in [-0.05, 0) is 44.0 Å². The summed E-state index contributed by atoms with van der Waals surface area (Å²) in [6.07, 6.45) is 1.40. The van der Waals surface area contributed by atoms with Crippen molar-refractivity contribution in [1.29, 1.82) is 0 Å². The second-order valence-electron chi connectivity index (χ2n) is 8.06. The van der Waals surface area contributed by atoms with E-state index in [2.05, 4.69) is 9.97 Å². The zero-order chi connectivity index (χ0) is 21.3. The molecule has 158 valence electrons. The highest BCUT2D eigenvalue weighted by atomic mass is 16.5. The lowest BCUT2D eigenvalue weighted by molar-refractivity contribution is -0.137. The zero-order valence-electron chi connectivity index (χ0n) is 17.5. The van der Waals surface area contributed by atoms with E-state index < -0.39 is 0 Å². The highest BCUT2D eigenvalue weighted by Crippen LogP contribution is 2.33. The molecular formula is C23H27N3O4. The molecular weight excluding hydrogens is 382 g/mol. The zero-order valence-corrected chi connectivity index (χ0v) is 17.5. The van der Waals surface area contributed by atoms with Gasteiger partial charge in [0.05, 0.1) is 24.8 Å². The minimum atomic E-state index is -0.238. The third-order valence-corrected chi connectivity index (χ3v) is 5.63. The average molecular weight is 409 g/mol. The molecule has 1 aromatic heterocycles. The number of H-pyrrole nitrogens is 2. The molecule has 0 aliphatic carbocycles. The number of nitrogens with zero attached hydrogens (tertiary/aromatic N) is 1. The van der Waals surface area contributed by atoms with Crippen molar-refractivity contribution in [3.8, 4) is 22.6 Å². The van der Waals surface area contributed by atoms with E-state index in [9.17, 15) is 9.59 Å². The molecule has 30 heavy (non-hydrogen) atoms. The van der Waals surface area contributed by atoms with Gasteiger partial charge < -0.3 is 24.3 Å². The van der Waals surface area contributed by atoms with Gasteiger partial charge in [0.2, 0.25) is 5.91 Å². The summed E-state index contributed by atoms with van der Waals surface area (Å²) in [5.74, 6) is 1.90. The Morgan fingerprint density at radius 2 is 1.93 bits per heavy atom. The summed E-state index contributed by atoms with van der Waals surface area (Å²) in [5, 5.41) is 0. The fraction of sp³-hybridized carbons (Fsp3) is 0.391. The Morgan fingerprint density at radius 1 is 1.13 bits per heavy atom. The molecule has 1 amide bonds. The van der Waals surface area contributed by atoms with E-state index in [0.29, 0.717) is 30.4 Å². The second-order valence-corrected chi connectivity index (χ2v) is 8.06. The number of aromatic nitrogens is 2. The first kappa shape index (κ1) is 20.1. The van der Waals surface area contributed by atoms with Crippen LogP contribution in [0.15, 0.2) is 41.2 Å². The van der Waals surface area contributed by atoms with Crippen molar-refractivity contribution >= 4 is 16.9 Å². The summed E-state index contributed by atoms with van der Waals surface area (Å²) in [6.45, 7) is 5.34. The van der Waals surface area contributed by atoms with Crippen LogP contribution >= 0.6 is 0 Å². The largest absolute Gasteiger partial charge is 0.497 e. The average Bonchev–Trinajstić information content (AvgIpc) is 3.12. The Bertz CT molecular complexity index is 1120. The second kappa shape index (κ2) is 8.26. The topological polar surface area (TPSA) is 87.4 Å². The van der Waals surface area contributed by atoms with Crippen LogP contribution in [0.3, 0.4) is 0 Å². The lowest BCUT2D eigenvalue weighted by Gasteiger charge is -2.35. The fourth-order valence-corrected chi connectivity index (χ4v) is 4.02. The molecule has 7 heteroatoms. The Hall–Kier alpha value is -3.22. The number of rotatable bonds is 6. The van der Waals surface area contributed by atoms with Gasteiger partial charge in [0.25, 0.3) is 0 Å². The van der Waals surface area contributed by atoms with Gasteiger partial charge in [0, 0.05) is 36.6 Å². The number of para-hydroxylation sites is 1. The summed E-state index contributed by atoms with van der Waals surface area (Å²) in [5.41, 5.74) is 3.05. The van der Waals surface area contributed by atoms with Crippen molar-refractivity contribution in [3.63, 3.8) is 0 Å². The molecule has 2 heterocycles. The first-order chi connectivity index (χ1) is 14.4. The van der Waals surface area contributed by atoms with Crippen LogP contribution in [-0.4, -0.2) is 47.1 Å². The molecule has 7 nitrogen and oxygen atoms in total.